The number of anilines is 1. The maximum atomic E-state index is 12.9. The molecule has 3 N–H and O–H groups in total. The lowest BCUT2D eigenvalue weighted by atomic mass is 10.1. The van der Waals surface area contributed by atoms with E-state index in [9.17, 15) is 9.90 Å². The van der Waals surface area contributed by atoms with Gasteiger partial charge in [0, 0.05) is 49.0 Å². The number of piperazine rings is 1. The first-order valence-corrected chi connectivity index (χ1v) is 13.0. The van der Waals surface area contributed by atoms with Crippen molar-refractivity contribution in [2.45, 2.75) is 6.42 Å². The van der Waals surface area contributed by atoms with Crippen LogP contribution in [0.4, 0.5) is 5.69 Å². The SMILES string of the molecule is CN1CCN(CCc2ccc(NC(=O)c3ccc4[nH]c(-c5cc(Cl)cc(Br)c5O)nc4c3)cc2)CC1. The second kappa shape index (κ2) is 10.6. The second-order valence-corrected chi connectivity index (χ2v) is 10.4. The molecular formula is C27H27BrClN5O2. The fraction of sp³-hybridized carbons (Fsp3) is 0.259. The number of benzene rings is 3. The molecule has 36 heavy (non-hydrogen) atoms. The van der Waals surface area contributed by atoms with Gasteiger partial charge in [-0.3, -0.25) is 4.79 Å². The summed E-state index contributed by atoms with van der Waals surface area (Å²) in [7, 11) is 2.17. The van der Waals surface area contributed by atoms with E-state index in [1.165, 1.54) is 5.56 Å². The van der Waals surface area contributed by atoms with Gasteiger partial charge in [-0.15, -0.1) is 0 Å². The number of H-pyrrole nitrogens is 1. The minimum absolute atomic E-state index is 0.0448. The number of rotatable bonds is 6. The Morgan fingerprint density at radius 3 is 2.61 bits per heavy atom. The Labute approximate surface area is 223 Å². The minimum atomic E-state index is -0.208. The largest absolute Gasteiger partial charge is 0.506 e. The van der Waals surface area contributed by atoms with Gasteiger partial charge >= 0.3 is 0 Å². The minimum Gasteiger partial charge on any atom is -0.506 e. The predicted octanol–water partition coefficient (Wildman–Crippen LogP) is 5.39. The van der Waals surface area contributed by atoms with Crippen molar-refractivity contribution in [2.75, 3.05) is 45.1 Å². The zero-order valence-corrected chi connectivity index (χ0v) is 22.2. The molecule has 7 nitrogen and oxygen atoms in total. The molecule has 0 aliphatic carbocycles. The van der Waals surface area contributed by atoms with Gasteiger partial charge in [-0.05, 0) is 77.4 Å². The summed E-state index contributed by atoms with van der Waals surface area (Å²) in [5, 5.41) is 13.8. The van der Waals surface area contributed by atoms with Crippen LogP contribution in [0.3, 0.4) is 0 Å². The third-order valence-electron chi connectivity index (χ3n) is 6.55. The van der Waals surface area contributed by atoms with Crippen LogP contribution in [0.2, 0.25) is 5.02 Å². The number of nitrogens with zero attached hydrogens (tertiary/aromatic N) is 3. The highest BCUT2D eigenvalue weighted by Crippen LogP contribution is 2.37. The molecule has 0 bridgehead atoms. The Kier molecular flexibility index (Phi) is 7.29. The number of hydrogen-bond acceptors (Lipinski definition) is 5. The van der Waals surface area contributed by atoms with Crippen LogP contribution in [0.15, 0.2) is 59.1 Å². The lowest BCUT2D eigenvalue weighted by molar-refractivity contribution is 0.102. The molecule has 1 fully saturated rings. The molecule has 1 aromatic heterocycles. The number of fused-ring (bicyclic) bond motifs is 1. The van der Waals surface area contributed by atoms with Gasteiger partial charge in [0.15, 0.2) is 0 Å². The molecule has 5 rings (SSSR count). The summed E-state index contributed by atoms with van der Waals surface area (Å²) in [4.78, 5) is 25.5. The van der Waals surface area contributed by atoms with Gasteiger partial charge < -0.3 is 25.2 Å². The Morgan fingerprint density at radius 2 is 1.86 bits per heavy atom. The molecule has 3 aromatic carbocycles. The highest BCUT2D eigenvalue weighted by atomic mass is 79.9. The van der Waals surface area contributed by atoms with Gasteiger partial charge in [-0.25, -0.2) is 4.98 Å². The molecule has 1 saturated heterocycles. The number of nitrogens with one attached hydrogen (secondary N) is 2. The first kappa shape index (κ1) is 24.8. The summed E-state index contributed by atoms with van der Waals surface area (Å²) in [6, 6.07) is 16.6. The van der Waals surface area contributed by atoms with Crippen molar-refractivity contribution in [1.29, 1.82) is 0 Å². The van der Waals surface area contributed by atoms with Crippen molar-refractivity contribution < 1.29 is 9.90 Å². The standard InChI is InChI=1S/C27H27BrClN5O2/c1-33-10-12-34(13-11-33)9-8-17-2-5-20(6-3-17)30-27(36)18-4-7-23-24(14-18)32-26(31-23)21-15-19(29)16-22(28)25(21)35/h2-7,14-16,35H,8-13H2,1H3,(H,30,36)(H,31,32). The monoisotopic (exact) mass is 567 g/mol. The number of likely N-dealkylation sites (N-methyl/N-ethyl adjacent to an activating group) is 1. The highest BCUT2D eigenvalue weighted by molar-refractivity contribution is 9.10. The molecule has 9 heteroatoms. The van der Waals surface area contributed by atoms with Crippen LogP contribution in [0.25, 0.3) is 22.4 Å². The average molecular weight is 569 g/mol. The predicted molar refractivity (Wildman–Crippen MR) is 148 cm³/mol. The summed E-state index contributed by atoms with van der Waals surface area (Å²) in [5.41, 5.74) is 4.35. The fourth-order valence-electron chi connectivity index (χ4n) is 4.34. The average Bonchev–Trinajstić information content (AvgIpc) is 3.30. The van der Waals surface area contributed by atoms with E-state index in [1.807, 2.05) is 12.1 Å². The zero-order valence-electron chi connectivity index (χ0n) is 19.9. The van der Waals surface area contributed by atoms with E-state index in [1.54, 1.807) is 30.3 Å². The quantitative estimate of drug-likeness (QED) is 0.290. The van der Waals surface area contributed by atoms with Gasteiger partial charge in [0.25, 0.3) is 5.91 Å². The van der Waals surface area contributed by atoms with Crippen molar-refractivity contribution in [3.8, 4) is 17.1 Å². The topological polar surface area (TPSA) is 84.5 Å². The van der Waals surface area contributed by atoms with E-state index in [-0.39, 0.29) is 11.7 Å². The number of phenolic OH excluding ortho intramolecular Hbond substituents is 1. The van der Waals surface area contributed by atoms with Crippen LogP contribution < -0.4 is 5.32 Å². The Balaban J connectivity index is 1.24. The summed E-state index contributed by atoms with van der Waals surface area (Å²) in [5.74, 6) is 0.304. The third-order valence-corrected chi connectivity index (χ3v) is 7.38. The molecule has 4 aromatic rings. The molecule has 0 spiro atoms. The third kappa shape index (κ3) is 5.57. The number of halogens is 2. The number of carbonyl (C=O) groups is 1. The van der Waals surface area contributed by atoms with Gasteiger partial charge in [0.1, 0.15) is 11.6 Å². The van der Waals surface area contributed by atoms with Gasteiger partial charge in [0.2, 0.25) is 0 Å². The molecular weight excluding hydrogens is 542 g/mol. The van der Waals surface area contributed by atoms with E-state index in [0.717, 1.165) is 50.3 Å². The Hall–Kier alpha value is -2.91. The molecule has 1 aliphatic heterocycles. The first-order chi connectivity index (χ1) is 17.4. The molecule has 0 radical (unpaired) electrons. The number of imidazole rings is 1. The first-order valence-electron chi connectivity index (χ1n) is 11.8. The Bertz CT molecular complexity index is 1400. The maximum Gasteiger partial charge on any atom is 0.255 e. The molecule has 0 unspecified atom stereocenters. The van der Waals surface area contributed by atoms with Gasteiger partial charge in [-0.1, -0.05) is 23.7 Å². The second-order valence-electron chi connectivity index (χ2n) is 9.15. The number of phenols is 1. The maximum absolute atomic E-state index is 12.9. The zero-order chi connectivity index (χ0) is 25.2. The van der Waals surface area contributed by atoms with Crippen molar-refractivity contribution in [3.05, 3.63) is 75.2 Å². The normalized spacial score (nSPS) is 14.9. The van der Waals surface area contributed by atoms with Crippen molar-refractivity contribution in [2.24, 2.45) is 0 Å². The Morgan fingerprint density at radius 1 is 1.11 bits per heavy atom. The summed E-state index contributed by atoms with van der Waals surface area (Å²) in [6.45, 7) is 5.53. The van der Waals surface area contributed by atoms with Crippen LogP contribution in [-0.2, 0) is 6.42 Å². The lowest BCUT2D eigenvalue weighted by Gasteiger charge is -2.32. The summed E-state index contributed by atoms with van der Waals surface area (Å²) in [6.07, 6.45) is 0.995. The number of amides is 1. The molecule has 1 aliphatic rings. The smallest absolute Gasteiger partial charge is 0.255 e. The van der Waals surface area contributed by atoms with Crippen LogP contribution in [-0.4, -0.2) is 70.6 Å². The van der Waals surface area contributed by atoms with E-state index < -0.39 is 0 Å². The van der Waals surface area contributed by atoms with Crippen molar-refractivity contribution >= 4 is 50.2 Å². The van der Waals surface area contributed by atoms with Gasteiger partial charge in [-0.2, -0.15) is 0 Å². The van der Waals surface area contributed by atoms with Crippen LogP contribution in [0.5, 0.6) is 5.75 Å². The molecule has 0 atom stereocenters. The van der Waals surface area contributed by atoms with Crippen LogP contribution in [0, 0.1) is 0 Å². The van der Waals surface area contributed by atoms with Gasteiger partial charge in [0.05, 0.1) is 21.1 Å². The lowest BCUT2D eigenvalue weighted by Crippen LogP contribution is -2.45. The van der Waals surface area contributed by atoms with Crippen molar-refractivity contribution in [1.82, 2.24) is 19.8 Å². The molecule has 1 amide bonds. The number of hydrogen-bond donors (Lipinski definition) is 3. The van der Waals surface area contributed by atoms with E-state index in [0.29, 0.717) is 32.0 Å². The number of aromatic hydroxyl groups is 1. The van der Waals surface area contributed by atoms with E-state index in [4.69, 9.17) is 11.6 Å². The van der Waals surface area contributed by atoms with E-state index in [2.05, 4.69) is 60.2 Å². The van der Waals surface area contributed by atoms with E-state index >= 15 is 0 Å². The van der Waals surface area contributed by atoms with Crippen molar-refractivity contribution in [3.63, 3.8) is 0 Å². The fourth-order valence-corrected chi connectivity index (χ4v) is 5.15. The van der Waals surface area contributed by atoms with Crippen LogP contribution >= 0.6 is 27.5 Å². The molecule has 2 heterocycles. The number of aromatic nitrogens is 2. The summed E-state index contributed by atoms with van der Waals surface area (Å²) < 4.78 is 0.482. The number of carbonyl (C=O) groups excluding carboxylic acids is 1. The van der Waals surface area contributed by atoms with Crippen LogP contribution in [0.1, 0.15) is 15.9 Å². The molecule has 0 saturated carbocycles. The highest BCUT2D eigenvalue weighted by Gasteiger charge is 2.16. The summed E-state index contributed by atoms with van der Waals surface area (Å²) >= 11 is 9.44. The molecule has 186 valence electrons. The number of aromatic amines is 1.